The molecule has 1 heterocycles. The molecule has 1 aromatic carbocycles. The zero-order chi connectivity index (χ0) is 14.0. The monoisotopic (exact) mass is 257 g/mol. The summed E-state index contributed by atoms with van der Waals surface area (Å²) in [7, 11) is 0. The number of aryl methyl sites for hydroxylation is 2. The van der Waals surface area contributed by atoms with Crippen LogP contribution >= 0.6 is 0 Å². The fourth-order valence-corrected chi connectivity index (χ4v) is 2.26. The van der Waals surface area contributed by atoms with E-state index < -0.39 is 11.8 Å². The lowest BCUT2D eigenvalue weighted by Gasteiger charge is -2.32. The number of nitrogens with zero attached hydrogens (tertiary/aromatic N) is 3. The Labute approximate surface area is 112 Å². The zero-order valence-corrected chi connectivity index (χ0v) is 11.0. The Kier molecular flexibility index (Phi) is 3.52. The summed E-state index contributed by atoms with van der Waals surface area (Å²) in [6.07, 6.45) is 0. The highest BCUT2D eigenvalue weighted by molar-refractivity contribution is 6.41. The van der Waals surface area contributed by atoms with Crippen LogP contribution in [0, 0.1) is 25.2 Å². The molecule has 1 aliphatic heterocycles. The molecule has 2 amide bonds. The normalized spacial score (nSPS) is 15.6. The Hall–Kier alpha value is -2.35. The third kappa shape index (κ3) is 2.58. The lowest BCUT2D eigenvalue weighted by atomic mass is 10.1. The highest BCUT2D eigenvalue weighted by Gasteiger charge is 2.33. The van der Waals surface area contributed by atoms with Gasteiger partial charge in [-0.25, -0.2) is 0 Å². The third-order valence-electron chi connectivity index (χ3n) is 3.09. The molecule has 0 saturated carbocycles. The smallest absolute Gasteiger partial charge is 0.316 e. The van der Waals surface area contributed by atoms with Crippen LogP contribution in [0.2, 0.25) is 0 Å². The standard InChI is InChI=1S/C14H15N3O2/c1-10-7-11(2)9-12(8-10)17-6-5-16(4-3-15)13(18)14(17)19/h7-9H,4-6H2,1-2H3. The van der Waals surface area contributed by atoms with Gasteiger partial charge in [-0.1, -0.05) is 6.07 Å². The molecule has 0 unspecified atom stereocenters. The molecular formula is C14H15N3O2. The lowest BCUT2D eigenvalue weighted by Crippen LogP contribution is -2.54. The molecule has 19 heavy (non-hydrogen) atoms. The van der Waals surface area contributed by atoms with Crippen LogP contribution in [0.3, 0.4) is 0 Å². The molecule has 1 saturated heterocycles. The minimum Gasteiger partial charge on any atom is -0.319 e. The van der Waals surface area contributed by atoms with Gasteiger partial charge in [-0.2, -0.15) is 5.26 Å². The molecule has 1 fully saturated rings. The Balaban J connectivity index is 2.26. The van der Waals surface area contributed by atoms with Crippen LogP contribution in [0.5, 0.6) is 0 Å². The van der Waals surface area contributed by atoms with Crippen molar-refractivity contribution in [1.82, 2.24) is 4.90 Å². The molecule has 1 aliphatic rings. The average molecular weight is 257 g/mol. The van der Waals surface area contributed by atoms with Crippen LogP contribution < -0.4 is 4.90 Å². The van der Waals surface area contributed by atoms with Gasteiger partial charge in [0.15, 0.2) is 0 Å². The Morgan fingerprint density at radius 2 is 1.74 bits per heavy atom. The number of rotatable bonds is 2. The predicted molar refractivity (Wildman–Crippen MR) is 70.5 cm³/mol. The molecule has 0 atom stereocenters. The van der Waals surface area contributed by atoms with Crippen LogP contribution in [0.4, 0.5) is 5.69 Å². The molecule has 5 nitrogen and oxygen atoms in total. The maximum atomic E-state index is 12.1. The van der Waals surface area contributed by atoms with Gasteiger partial charge in [0.25, 0.3) is 0 Å². The maximum absolute atomic E-state index is 12.1. The zero-order valence-electron chi connectivity index (χ0n) is 11.0. The number of amides is 2. The van der Waals surface area contributed by atoms with E-state index in [1.165, 1.54) is 9.80 Å². The van der Waals surface area contributed by atoms with E-state index in [2.05, 4.69) is 0 Å². The van der Waals surface area contributed by atoms with E-state index in [0.29, 0.717) is 13.1 Å². The molecule has 2 rings (SSSR count). The van der Waals surface area contributed by atoms with E-state index in [0.717, 1.165) is 16.8 Å². The molecule has 0 spiro atoms. The van der Waals surface area contributed by atoms with Gasteiger partial charge in [0.05, 0.1) is 6.07 Å². The first-order chi connectivity index (χ1) is 9.02. The number of hydrogen-bond acceptors (Lipinski definition) is 3. The SMILES string of the molecule is Cc1cc(C)cc(N2CCN(CC#N)C(=O)C2=O)c1. The van der Waals surface area contributed by atoms with E-state index in [1.54, 1.807) is 0 Å². The van der Waals surface area contributed by atoms with E-state index in [1.807, 2.05) is 38.1 Å². The first-order valence-electron chi connectivity index (χ1n) is 6.09. The highest BCUT2D eigenvalue weighted by Crippen LogP contribution is 2.21. The highest BCUT2D eigenvalue weighted by atomic mass is 16.2. The summed E-state index contributed by atoms with van der Waals surface area (Å²) in [5.74, 6) is -1.17. The van der Waals surface area contributed by atoms with Gasteiger partial charge in [0.2, 0.25) is 0 Å². The Bertz CT molecular complexity index is 554. The molecule has 0 bridgehead atoms. The van der Waals surface area contributed by atoms with Gasteiger partial charge < -0.3 is 9.80 Å². The summed E-state index contributed by atoms with van der Waals surface area (Å²) in [6, 6.07) is 7.69. The summed E-state index contributed by atoms with van der Waals surface area (Å²) in [5, 5.41) is 8.61. The molecule has 5 heteroatoms. The Morgan fingerprint density at radius 3 is 2.32 bits per heavy atom. The van der Waals surface area contributed by atoms with Crippen molar-refractivity contribution in [3.8, 4) is 6.07 Å². The second-order valence-electron chi connectivity index (χ2n) is 4.69. The second kappa shape index (κ2) is 5.11. The molecule has 0 radical (unpaired) electrons. The second-order valence-corrected chi connectivity index (χ2v) is 4.69. The molecule has 1 aromatic rings. The number of benzene rings is 1. The average Bonchev–Trinajstić information content (AvgIpc) is 2.34. The van der Waals surface area contributed by atoms with Crippen molar-refractivity contribution in [2.75, 3.05) is 24.5 Å². The van der Waals surface area contributed by atoms with Crippen molar-refractivity contribution >= 4 is 17.5 Å². The van der Waals surface area contributed by atoms with Crippen molar-refractivity contribution in [2.45, 2.75) is 13.8 Å². The van der Waals surface area contributed by atoms with Crippen molar-refractivity contribution in [1.29, 1.82) is 5.26 Å². The molecule has 0 N–H and O–H groups in total. The Morgan fingerprint density at radius 1 is 1.11 bits per heavy atom. The fraction of sp³-hybridized carbons (Fsp3) is 0.357. The number of anilines is 1. The van der Waals surface area contributed by atoms with E-state index in [9.17, 15) is 9.59 Å². The topological polar surface area (TPSA) is 64.4 Å². The third-order valence-corrected chi connectivity index (χ3v) is 3.09. The molecule has 0 aliphatic carbocycles. The fourth-order valence-electron chi connectivity index (χ4n) is 2.26. The van der Waals surface area contributed by atoms with Crippen LogP contribution in [0.25, 0.3) is 0 Å². The van der Waals surface area contributed by atoms with Gasteiger partial charge in [0.1, 0.15) is 6.54 Å². The summed E-state index contributed by atoms with van der Waals surface area (Å²) < 4.78 is 0. The van der Waals surface area contributed by atoms with Gasteiger partial charge in [-0.15, -0.1) is 0 Å². The number of carbonyl (C=O) groups excluding carboxylic acids is 2. The van der Waals surface area contributed by atoms with Crippen molar-refractivity contribution < 1.29 is 9.59 Å². The summed E-state index contributed by atoms with van der Waals surface area (Å²) in [6.45, 7) is 4.69. The maximum Gasteiger partial charge on any atom is 0.316 e. The lowest BCUT2D eigenvalue weighted by molar-refractivity contribution is -0.145. The first-order valence-corrected chi connectivity index (χ1v) is 6.09. The van der Waals surface area contributed by atoms with Gasteiger partial charge in [-0.05, 0) is 37.1 Å². The number of piperazine rings is 1. The quantitative estimate of drug-likeness (QED) is 0.586. The van der Waals surface area contributed by atoms with Crippen molar-refractivity contribution in [3.05, 3.63) is 29.3 Å². The summed E-state index contributed by atoms with van der Waals surface area (Å²) in [4.78, 5) is 26.7. The van der Waals surface area contributed by atoms with Crippen LogP contribution in [-0.4, -0.2) is 36.3 Å². The van der Waals surface area contributed by atoms with Crippen molar-refractivity contribution in [2.24, 2.45) is 0 Å². The summed E-state index contributed by atoms with van der Waals surface area (Å²) in [5.41, 5.74) is 2.84. The van der Waals surface area contributed by atoms with Crippen LogP contribution in [-0.2, 0) is 9.59 Å². The number of hydrogen-bond donors (Lipinski definition) is 0. The van der Waals surface area contributed by atoms with E-state index in [4.69, 9.17) is 5.26 Å². The predicted octanol–water partition coefficient (Wildman–Crippen LogP) is 1.00. The molecular weight excluding hydrogens is 242 g/mol. The van der Waals surface area contributed by atoms with Gasteiger partial charge in [0, 0.05) is 18.8 Å². The first kappa shape index (κ1) is 13.1. The van der Waals surface area contributed by atoms with E-state index in [-0.39, 0.29) is 6.54 Å². The number of nitriles is 1. The van der Waals surface area contributed by atoms with E-state index >= 15 is 0 Å². The van der Waals surface area contributed by atoms with Crippen LogP contribution in [0.1, 0.15) is 11.1 Å². The van der Waals surface area contributed by atoms with Crippen molar-refractivity contribution in [3.63, 3.8) is 0 Å². The minimum atomic E-state index is -0.605. The molecule has 0 aromatic heterocycles. The van der Waals surface area contributed by atoms with Gasteiger partial charge >= 0.3 is 11.8 Å². The minimum absolute atomic E-state index is 0.0364. The van der Waals surface area contributed by atoms with Crippen LogP contribution in [0.15, 0.2) is 18.2 Å². The summed E-state index contributed by atoms with van der Waals surface area (Å²) >= 11 is 0. The largest absolute Gasteiger partial charge is 0.319 e. The number of carbonyl (C=O) groups is 2. The molecule has 98 valence electrons. The van der Waals surface area contributed by atoms with Gasteiger partial charge in [-0.3, -0.25) is 9.59 Å².